The number of nitrogens with one attached hydrogen (secondary N) is 1. The quantitative estimate of drug-likeness (QED) is 0.554. The van der Waals surface area contributed by atoms with Gasteiger partial charge in [-0.2, -0.15) is 5.10 Å². The number of hydrazone groups is 1. The van der Waals surface area contributed by atoms with Crippen molar-refractivity contribution in [1.29, 1.82) is 0 Å². The number of carbonyl (C=O) groups is 1. The van der Waals surface area contributed by atoms with Crippen molar-refractivity contribution in [2.45, 2.75) is 63.2 Å². The van der Waals surface area contributed by atoms with Crippen molar-refractivity contribution >= 4 is 33.5 Å². The molecule has 2 aliphatic carbocycles. The van der Waals surface area contributed by atoms with Gasteiger partial charge in [0.1, 0.15) is 0 Å². The van der Waals surface area contributed by atoms with Crippen LogP contribution in [0.5, 0.6) is 0 Å². The zero-order chi connectivity index (χ0) is 25.7. The summed E-state index contributed by atoms with van der Waals surface area (Å²) < 4.78 is 26.5. The first-order chi connectivity index (χ1) is 17.7. The third-order valence-corrected chi connectivity index (χ3v) is 9.54. The van der Waals surface area contributed by atoms with E-state index >= 15 is 0 Å². The molecule has 7 nitrogen and oxygen atoms in total. The van der Waals surface area contributed by atoms with E-state index in [0.29, 0.717) is 23.2 Å². The first kappa shape index (κ1) is 24.5. The van der Waals surface area contributed by atoms with Gasteiger partial charge in [0.25, 0.3) is 5.91 Å². The number of hydrogen-bond donors (Lipinski definition) is 1. The highest BCUT2D eigenvalue weighted by Gasteiger charge is 2.53. The number of sulfonamides is 1. The van der Waals surface area contributed by atoms with E-state index in [1.807, 2.05) is 47.5 Å². The molecular weight excluding hydrogens is 484 g/mol. The van der Waals surface area contributed by atoms with Crippen LogP contribution in [-0.4, -0.2) is 51.4 Å². The third kappa shape index (κ3) is 5.00. The van der Waals surface area contributed by atoms with Crippen molar-refractivity contribution in [3.05, 3.63) is 59.2 Å². The Kier molecular flexibility index (Phi) is 6.05. The van der Waals surface area contributed by atoms with E-state index in [0.717, 1.165) is 42.7 Å². The summed E-state index contributed by atoms with van der Waals surface area (Å²) in [6.45, 7) is 2.62. The number of anilines is 2. The van der Waals surface area contributed by atoms with Crippen LogP contribution in [-0.2, 0) is 15.4 Å². The molecule has 0 atom stereocenters. The number of hydrogen-bond acceptors (Lipinski definition) is 5. The molecule has 0 aromatic heterocycles. The summed E-state index contributed by atoms with van der Waals surface area (Å²) in [5, 5.41) is 6.75. The molecular formula is C29H36N4O3S. The number of carbonyl (C=O) groups excluding carboxylic acids is 1. The topological polar surface area (TPSA) is 82.1 Å². The lowest BCUT2D eigenvalue weighted by molar-refractivity contribution is 0.0980. The van der Waals surface area contributed by atoms with Crippen molar-refractivity contribution < 1.29 is 13.2 Å². The number of nitrogens with zero attached hydrogens (tertiary/aromatic N) is 3. The number of fused-ring (bicyclic) bond motifs is 2. The Morgan fingerprint density at radius 1 is 0.973 bits per heavy atom. The van der Waals surface area contributed by atoms with Gasteiger partial charge in [-0.1, -0.05) is 12.1 Å². The number of rotatable bonds is 5. The van der Waals surface area contributed by atoms with Gasteiger partial charge >= 0.3 is 0 Å². The van der Waals surface area contributed by atoms with Gasteiger partial charge in [-0.3, -0.25) is 14.5 Å². The molecule has 8 heteroatoms. The molecule has 37 heavy (non-hydrogen) atoms. The molecule has 2 aliphatic heterocycles. The fourth-order valence-corrected chi connectivity index (χ4v) is 7.10. The van der Waals surface area contributed by atoms with Gasteiger partial charge in [-0.15, -0.1) is 0 Å². The Hall–Kier alpha value is -2.87. The first-order valence-electron chi connectivity index (χ1n) is 13.6. The molecule has 2 spiro atoms. The maximum atomic E-state index is 13.9. The molecule has 4 aliphatic rings. The van der Waals surface area contributed by atoms with E-state index in [4.69, 9.17) is 0 Å². The molecule has 6 rings (SSSR count). The molecule has 1 saturated heterocycles. The lowest BCUT2D eigenvalue weighted by Crippen LogP contribution is -2.40. The molecule has 2 aromatic carbocycles. The summed E-state index contributed by atoms with van der Waals surface area (Å²) in [4.78, 5) is 15.8. The molecule has 0 radical (unpaired) electrons. The van der Waals surface area contributed by atoms with Gasteiger partial charge in [0.15, 0.2) is 0 Å². The zero-order valence-electron chi connectivity index (χ0n) is 21.6. The van der Waals surface area contributed by atoms with E-state index in [2.05, 4.69) is 14.8 Å². The Morgan fingerprint density at radius 3 is 2.41 bits per heavy atom. The maximum Gasteiger partial charge on any atom is 0.258 e. The normalized spacial score (nSPS) is 22.0. The minimum Gasteiger partial charge on any atom is -0.307 e. The Balaban J connectivity index is 1.29. The van der Waals surface area contributed by atoms with Gasteiger partial charge in [0.05, 0.1) is 12.5 Å². The van der Waals surface area contributed by atoms with Crippen LogP contribution in [0.15, 0.2) is 47.6 Å². The minimum atomic E-state index is -3.38. The van der Waals surface area contributed by atoms with Crippen LogP contribution in [0, 0.1) is 5.41 Å². The Bertz CT molecular complexity index is 1330. The highest BCUT2D eigenvalue weighted by Crippen LogP contribution is 2.62. The number of benzene rings is 2. The van der Waals surface area contributed by atoms with Crippen molar-refractivity contribution in [1.82, 2.24) is 5.01 Å². The fourth-order valence-electron chi connectivity index (χ4n) is 6.54. The second kappa shape index (κ2) is 9.15. The van der Waals surface area contributed by atoms with Crippen molar-refractivity contribution in [2.75, 3.05) is 35.5 Å². The molecule has 2 saturated carbocycles. The molecule has 2 aromatic rings. The third-order valence-electron chi connectivity index (χ3n) is 8.93. The minimum absolute atomic E-state index is 0.0121. The van der Waals surface area contributed by atoms with Crippen LogP contribution in [0.2, 0.25) is 0 Å². The summed E-state index contributed by atoms with van der Waals surface area (Å²) in [5.41, 5.74) is 4.55. The summed E-state index contributed by atoms with van der Waals surface area (Å²) in [6, 6.07) is 13.4. The summed E-state index contributed by atoms with van der Waals surface area (Å²) in [5.74, 6) is -0.0121. The van der Waals surface area contributed by atoms with Crippen LogP contribution in [0.4, 0.5) is 11.4 Å². The van der Waals surface area contributed by atoms with Crippen molar-refractivity contribution in [3.63, 3.8) is 0 Å². The second-order valence-corrected chi connectivity index (χ2v) is 13.4. The Morgan fingerprint density at radius 2 is 1.70 bits per heavy atom. The second-order valence-electron chi connectivity index (χ2n) is 11.7. The monoisotopic (exact) mass is 520 g/mol. The van der Waals surface area contributed by atoms with E-state index in [1.165, 1.54) is 51.2 Å². The zero-order valence-corrected chi connectivity index (χ0v) is 22.4. The molecule has 0 unspecified atom stereocenters. The van der Waals surface area contributed by atoms with Crippen LogP contribution in [0.25, 0.3) is 0 Å². The highest BCUT2D eigenvalue weighted by atomic mass is 32.2. The van der Waals surface area contributed by atoms with Gasteiger partial charge in [-0.25, -0.2) is 8.42 Å². The average Bonchev–Trinajstić information content (AvgIpc) is 3.59. The van der Waals surface area contributed by atoms with Crippen molar-refractivity contribution in [3.8, 4) is 0 Å². The van der Waals surface area contributed by atoms with Crippen LogP contribution in [0.1, 0.15) is 79.3 Å². The molecule has 2 heterocycles. The van der Waals surface area contributed by atoms with Crippen molar-refractivity contribution in [2.24, 2.45) is 10.5 Å². The average molecular weight is 521 g/mol. The van der Waals surface area contributed by atoms with Gasteiger partial charge in [0, 0.05) is 42.0 Å². The summed E-state index contributed by atoms with van der Waals surface area (Å²) >= 11 is 0. The SMILES string of the molecule is CS(=O)(=O)Nc1ccc2c(c1)C1(CCC3(CC3)CC1)CN2C(=O)c1cccc(/C=N/N2CCCCC2)c1. The largest absolute Gasteiger partial charge is 0.307 e. The van der Waals surface area contributed by atoms with E-state index < -0.39 is 10.0 Å². The maximum absolute atomic E-state index is 13.9. The van der Waals surface area contributed by atoms with E-state index in [9.17, 15) is 13.2 Å². The molecule has 1 amide bonds. The van der Waals surface area contributed by atoms with Crippen LogP contribution in [0.3, 0.4) is 0 Å². The summed E-state index contributed by atoms with van der Waals surface area (Å²) in [6.07, 6.45) is 13.7. The number of piperidine rings is 1. The van der Waals surface area contributed by atoms with E-state index in [-0.39, 0.29) is 11.3 Å². The van der Waals surface area contributed by atoms with Gasteiger partial charge in [0.2, 0.25) is 10.0 Å². The molecule has 196 valence electrons. The van der Waals surface area contributed by atoms with Gasteiger partial charge < -0.3 is 4.90 Å². The number of amides is 1. The fraction of sp³-hybridized carbons (Fsp3) is 0.517. The smallest absolute Gasteiger partial charge is 0.258 e. The predicted octanol–water partition coefficient (Wildman–Crippen LogP) is 5.13. The van der Waals surface area contributed by atoms with Gasteiger partial charge in [-0.05, 0) is 105 Å². The lowest BCUT2D eigenvalue weighted by atomic mass is 9.66. The lowest BCUT2D eigenvalue weighted by Gasteiger charge is -2.38. The highest BCUT2D eigenvalue weighted by molar-refractivity contribution is 7.92. The van der Waals surface area contributed by atoms with E-state index in [1.54, 1.807) is 6.07 Å². The summed E-state index contributed by atoms with van der Waals surface area (Å²) in [7, 11) is -3.38. The van der Waals surface area contributed by atoms with Crippen LogP contribution < -0.4 is 9.62 Å². The standard InChI is InChI=1S/C29H36N4O3S/c1-37(35,36)31-24-8-9-26-25(19-24)29(14-12-28(10-11-28)13-15-29)21-33(26)27(34)23-7-5-6-22(18-23)20-30-32-16-3-2-4-17-32/h5-9,18-20,31H,2-4,10-17,21H2,1H3/b30-20+. The molecule has 3 fully saturated rings. The van der Waals surface area contributed by atoms with Crippen LogP contribution >= 0.6 is 0 Å². The molecule has 0 bridgehead atoms. The predicted molar refractivity (Wildman–Crippen MR) is 148 cm³/mol. The first-order valence-corrected chi connectivity index (χ1v) is 15.5. The molecule has 1 N–H and O–H groups in total. The Labute approximate surface area is 220 Å².